The molecule has 0 amide bonds. The van der Waals surface area contributed by atoms with Gasteiger partial charge in [0.1, 0.15) is 5.82 Å². The summed E-state index contributed by atoms with van der Waals surface area (Å²) in [6.07, 6.45) is 1.79. The summed E-state index contributed by atoms with van der Waals surface area (Å²) < 4.78 is 44.7. The predicted octanol–water partition coefficient (Wildman–Crippen LogP) is 2.99. The molecule has 0 saturated heterocycles. The number of esters is 1. The van der Waals surface area contributed by atoms with Crippen LogP contribution in [0, 0.1) is 5.82 Å². The van der Waals surface area contributed by atoms with Gasteiger partial charge in [-0.15, -0.1) is 0 Å². The molecule has 0 N–H and O–H groups in total. The molecule has 154 valence electrons. The summed E-state index contributed by atoms with van der Waals surface area (Å²) in [6, 6.07) is 8.28. The second-order valence-electron chi connectivity index (χ2n) is 7.18. The van der Waals surface area contributed by atoms with Crippen molar-refractivity contribution >= 4 is 21.8 Å². The normalized spacial score (nSPS) is 14.5. The monoisotopic (exact) mass is 419 g/mol. The van der Waals surface area contributed by atoms with Gasteiger partial charge in [0.25, 0.3) is 0 Å². The third-order valence-electron chi connectivity index (χ3n) is 4.97. The molecule has 2 aromatic rings. The van der Waals surface area contributed by atoms with Crippen molar-refractivity contribution in [2.75, 3.05) is 14.1 Å². The first-order valence-corrected chi connectivity index (χ1v) is 10.6. The molecule has 1 aliphatic carbocycles. The van der Waals surface area contributed by atoms with E-state index in [1.807, 2.05) is 6.07 Å². The number of hydrogen-bond acceptors (Lipinski definition) is 5. The summed E-state index contributed by atoms with van der Waals surface area (Å²) in [5.74, 6) is -2.42. The molecular formula is C21H22FNO5S. The zero-order valence-electron chi connectivity index (χ0n) is 16.4. The fourth-order valence-corrected chi connectivity index (χ4v) is 4.20. The molecule has 29 heavy (non-hydrogen) atoms. The van der Waals surface area contributed by atoms with Crippen LogP contribution in [-0.2, 0) is 27.6 Å². The van der Waals surface area contributed by atoms with E-state index >= 15 is 0 Å². The first kappa shape index (κ1) is 21.1. The van der Waals surface area contributed by atoms with E-state index in [0.717, 1.165) is 47.3 Å². The minimum absolute atomic E-state index is 0.242. The molecule has 0 spiro atoms. The van der Waals surface area contributed by atoms with Gasteiger partial charge < -0.3 is 4.74 Å². The van der Waals surface area contributed by atoms with Gasteiger partial charge in [0.05, 0.1) is 10.5 Å². The number of sulfonamides is 1. The lowest BCUT2D eigenvalue weighted by molar-refractivity contribution is 0.0314. The van der Waals surface area contributed by atoms with E-state index in [0.29, 0.717) is 5.56 Å². The van der Waals surface area contributed by atoms with Crippen LogP contribution in [-0.4, -0.2) is 44.7 Å². The highest BCUT2D eigenvalue weighted by molar-refractivity contribution is 7.89. The lowest BCUT2D eigenvalue weighted by Crippen LogP contribution is -2.26. The Morgan fingerprint density at radius 2 is 1.76 bits per heavy atom. The molecule has 0 bridgehead atoms. The molecule has 0 aliphatic heterocycles. The molecule has 8 heteroatoms. The topological polar surface area (TPSA) is 80.8 Å². The summed E-state index contributed by atoms with van der Waals surface area (Å²) in [5, 5.41) is 0. The van der Waals surface area contributed by atoms with Crippen LogP contribution < -0.4 is 0 Å². The first-order valence-electron chi connectivity index (χ1n) is 9.20. The summed E-state index contributed by atoms with van der Waals surface area (Å²) in [4.78, 5) is 24.8. The lowest BCUT2D eigenvalue weighted by atomic mass is 10.0. The molecule has 2 aromatic carbocycles. The molecule has 0 saturated carbocycles. The Bertz CT molecular complexity index is 1080. The number of hydrogen-bond donors (Lipinski definition) is 0. The number of halogens is 1. The van der Waals surface area contributed by atoms with Crippen molar-refractivity contribution < 1.29 is 27.1 Å². The van der Waals surface area contributed by atoms with Gasteiger partial charge in [-0.25, -0.2) is 21.9 Å². The third kappa shape index (κ3) is 4.23. The number of benzene rings is 2. The van der Waals surface area contributed by atoms with Crippen molar-refractivity contribution in [1.82, 2.24) is 4.31 Å². The van der Waals surface area contributed by atoms with Crippen LogP contribution >= 0.6 is 0 Å². The van der Waals surface area contributed by atoms with Gasteiger partial charge >= 0.3 is 5.97 Å². The zero-order chi connectivity index (χ0) is 21.3. The standard InChI is InChI=1S/C21H22FNO5S/c1-13(20(24)16-8-7-14-5-4-6-15(14)11-16)28-21(25)18-12-17(9-10-19(18)22)29(26,27)23(2)3/h7-13H,4-6H2,1-3H3/t13-/m0/s1. The number of carbonyl (C=O) groups is 2. The molecule has 0 aromatic heterocycles. The van der Waals surface area contributed by atoms with Crippen LogP contribution in [0.4, 0.5) is 4.39 Å². The Kier molecular flexibility index (Phi) is 5.86. The molecule has 3 rings (SSSR count). The van der Waals surface area contributed by atoms with E-state index in [-0.39, 0.29) is 4.90 Å². The summed E-state index contributed by atoms with van der Waals surface area (Å²) in [7, 11) is -1.20. The van der Waals surface area contributed by atoms with Crippen LogP contribution in [0.2, 0.25) is 0 Å². The van der Waals surface area contributed by atoms with Gasteiger partial charge in [-0.2, -0.15) is 0 Å². The van der Waals surface area contributed by atoms with Crippen molar-refractivity contribution in [2.24, 2.45) is 0 Å². The Morgan fingerprint density at radius 3 is 2.45 bits per heavy atom. The fraction of sp³-hybridized carbons (Fsp3) is 0.333. The highest BCUT2D eigenvalue weighted by Crippen LogP contribution is 2.24. The minimum Gasteiger partial charge on any atom is -0.451 e. The largest absolute Gasteiger partial charge is 0.451 e. The van der Waals surface area contributed by atoms with E-state index in [1.165, 1.54) is 26.6 Å². The number of aryl methyl sites for hydroxylation is 2. The molecule has 0 radical (unpaired) electrons. The summed E-state index contributed by atoms with van der Waals surface area (Å²) in [5.41, 5.74) is 2.21. The van der Waals surface area contributed by atoms with Crippen LogP contribution in [0.1, 0.15) is 45.2 Å². The van der Waals surface area contributed by atoms with Crippen molar-refractivity contribution in [3.8, 4) is 0 Å². The van der Waals surface area contributed by atoms with Gasteiger partial charge in [-0.05, 0) is 61.6 Å². The quantitative estimate of drug-likeness (QED) is 0.531. The average molecular weight is 419 g/mol. The number of nitrogens with zero attached hydrogens (tertiary/aromatic N) is 1. The molecule has 0 unspecified atom stereocenters. The predicted molar refractivity (Wildman–Crippen MR) is 105 cm³/mol. The Balaban J connectivity index is 1.80. The summed E-state index contributed by atoms with van der Waals surface area (Å²) in [6.45, 7) is 1.41. The van der Waals surface area contributed by atoms with Crippen LogP contribution in [0.5, 0.6) is 0 Å². The lowest BCUT2D eigenvalue weighted by Gasteiger charge is -2.15. The molecule has 0 fully saturated rings. The average Bonchev–Trinajstić information content (AvgIpc) is 3.15. The Labute approximate surface area is 169 Å². The van der Waals surface area contributed by atoms with Crippen molar-refractivity contribution in [2.45, 2.75) is 37.2 Å². The number of fused-ring (bicyclic) bond motifs is 1. The number of carbonyl (C=O) groups excluding carboxylic acids is 2. The number of rotatable bonds is 6. The van der Waals surface area contributed by atoms with E-state index in [1.54, 1.807) is 12.1 Å². The minimum atomic E-state index is -3.85. The first-order chi connectivity index (χ1) is 13.6. The van der Waals surface area contributed by atoms with E-state index in [2.05, 4.69) is 0 Å². The van der Waals surface area contributed by atoms with E-state index in [4.69, 9.17) is 4.74 Å². The zero-order valence-corrected chi connectivity index (χ0v) is 17.3. The van der Waals surface area contributed by atoms with Crippen LogP contribution in [0.15, 0.2) is 41.3 Å². The molecular weight excluding hydrogens is 397 g/mol. The fourth-order valence-electron chi connectivity index (χ4n) is 3.27. The van der Waals surface area contributed by atoms with Crippen molar-refractivity contribution in [3.63, 3.8) is 0 Å². The van der Waals surface area contributed by atoms with Crippen LogP contribution in [0.3, 0.4) is 0 Å². The summed E-state index contributed by atoms with van der Waals surface area (Å²) >= 11 is 0. The van der Waals surface area contributed by atoms with E-state index < -0.39 is 39.3 Å². The maximum Gasteiger partial charge on any atom is 0.341 e. The van der Waals surface area contributed by atoms with Gasteiger partial charge in [0.2, 0.25) is 15.8 Å². The number of ether oxygens (including phenoxy) is 1. The number of Topliss-reactive ketones (excluding diaryl/α,β-unsaturated/α-hetero) is 1. The maximum atomic E-state index is 14.1. The molecule has 0 heterocycles. The second-order valence-corrected chi connectivity index (χ2v) is 9.33. The van der Waals surface area contributed by atoms with Crippen molar-refractivity contribution in [3.05, 3.63) is 64.5 Å². The maximum absolute atomic E-state index is 14.1. The van der Waals surface area contributed by atoms with Gasteiger partial charge in [0.15, 0.2) is 6.10 Å². The van der Waals surface area contributed by atoms with Gasteiger partial charge in [0, 0.05) is 19.7 Å². The highest BCUT2D eigenvalue weighted by atomic mass is 32.2. The third-order valence-corrected chi connectivity index (χ3v) is 6.78. The molecule has 6 nitrogen and oxygen atoms in total. The SMILES string of the molecule is C[C@H](OC(=O)c1cc(S(=O)(=O)N(C)C)ccc1F)C(=O)c1ccc2c(c1)CCC2. The smallest absolute Gasteiger partial charge is 0.341 e. The van der Waals surface area contributed by atoms with E-state index in [9.17, 15) is 22.4 Å². The van der Waals surface area contributed by atoms with Crippen LogP contribution in [0.25, 0.3) is 0 Å². The molecule has 1 aliphatic rings. The highest BCUT2D eigenvalue weighted by Gasteiger charge is 2.26. The van der Waals surface area contributed by atoms with Gasteiger partial charge in [-0.3, -0.25) is 4.79 Å². The van der Waals surface area contributed by atoms with Crippen molar-refractivity contribution in [1.29, 1.82) is 0 Å². The van der Waals surface area contributed by atoms with Gasteiger partial charge in [-0.1, -0.05) is 12.1 Å². The Morgan fingerprint density at radius 1 is 1.07 bits per heavy atom. The number of ketones is 1. The Hall–Kier alpha value is -2.58. The second kappa shape index (κ2) is 8.04. The molecule has 1 atom stereocenters.